The molecule has 0 fully saturated rings. The van der Waals surface area contributed by atoms with Crippen molar-refractivity contribution in [3.63, 3.8) is 0 Å². The molecule has 1 N–H and O–H groups in total. The summed E-state index contributed by atoms with van der Waals surface area (Å²) >= 11 is 0. The van der Waals surface area contributed by atoms with Crippen molar-refractivity contribution >= 4 is 6.29 Å². The molecule has 0 bridgehead atoms. The smallest absolute Gasteiger partial charge is 0.120 e. The van der Waals surface area contributed by atoms with E-state index in [1.807, 2.05) is 37.3 Å². The quantitative estimate of drug-likeness (QED) is 0.715. The SMILES string of the molecule is CC(CC=O)C(O)c1ccccc1. The van der Waals surface area contributed by atoms with Crippen LogP contribution in [-0.4, -0.2) is 11.4 Å². The van der Waals surface area contributed by atoms with E-state index in [0.29, 0.717) is 6.42 Å². The minimum atomic E-state index is -0.536. The van der Waals surface area contributed by atoms with E-state index in [1.165, 1.54) is 0 Å². The van der Waals surface area contributed by atoms with Gasteiger partial charge >= 0.3 is 0 Å². The average molecular weight is 178 g/mol. The molecule has 2 nitrogen and oxygen atoms in total. The molecule has 0 aliphatic rings. The predicted molar refractivity (Wildman–Crippen MR) is 51.2 cm³/mol. The predicted octanol–water partition coefficient (Wildman–Crippen LogP) is 1.95. The van der Waals surface area contributed by atoms with Gasteiger partial charge in [0.15, 0.2) is 0 Å². The van der Waals surface area contributed by atoms with Crippen LogP contribution >= 0.6 is 0 Å². The van der Waals surface area contributed by atoms with E-state index < -0.39 is 6.10 Å². The van der Waals surface area contributed by atoms with Gasteiger partial charge in [0.25, 0.3) is 0 Å². The Balaban J connectivity index is 2.67. The highest BCUT2D eigenvalue weighted by molar-refractivity contribution is 5.49. The maximum Gasteiger partial charge on any atom is 0.120 e. The van der Waals surface area contributed by atoms with Crippen LogP contribution in [0.1, 0.15) is 25.0 Å². The van der Waals surface area contributed by atoms with Crippen LogP contribution in [0.2, 0.25) is 0 Å². The minimum absolute atomic E-state index is 0.0140. The van der Waals surface area contributed by atoms with Crippen LogP contribution in [-0.2, 0) is 4.79 Å². The molecule has 0 heterocycles. The Morgan fingerprint density at radius 2 is 2.00 bits per heavy atom. The largest absolute Gasteiger partial charge is 0.388 e. The van der Waals surface area contributed by atoms with Gasteiger partial charge in [-0.05, 0) is 11.5 Å². The van der Waals surface area contributed by atoms with Gasteiger partial charge in [0, 0.05) is 6.42 Å². The third-order valence-electron chi connectivity index (χ3n) is 2.15. The Morgan fingerprint density at radius 3 is 2.54 bits per heavy atom. The second kappa shape index (κ2) is 4.77. The summed E-state index contributed by atoms with van der Waals surface area (Å²) in [6.45, 7) is 1.87. The van der Waals surface area contributed by atoms with Crippen molar-refractivity contribution in [3.05, 3.63) is 35.9 Å². The average Bonchev–Trinajstić information content (AvgIpc) is 2.18. The zero-order valence-electron chi connectivity index (χ0n) is 7.68. The van der Waals surface area contributed by atoms with Gasteiger partial charge in [-0.3, -0.25) is 0 Å². The summed E-state index contributed by atoms with van der Waals surface area (Å²) in [5.74, 6) is -0.0140. The van der Waals surface area contributed by atoms with Gasteiger partial charge in [-0.2, -0.15) is 0 Å². The van der Waals surface area contributed by atoms with Crippen molar-refractivity contribution in [1.82, 2.24) is 0 Å². The standard InChI is InChI=1S/C11H14O2/c1-9(7-8-12)11(13)10-5-3-2-4-6-10/h2-6,8-9,11,13H,7H2,1H3. The van der Waals surface area contributed by atoms with Gasteiger partial charge < -0.3 is 9.90 Å². The van der Waals surface area contributed by atoms with E-state index in [2.05, 4.69) is 0 Å². The number of carbonyl (C=O) groups excluding carboxylic acids is 1. The number of aliphatic hydroxyl groups excluding tert-OH is 1. The van der Waals surface area contributed by atoms with Crippen molar-refractivity contribution in [1.29, 1.82) is 0 Å². The lowest BCUT2D eigenvalue weighted by atomic mass is 9.95. The first-order valence-electron chi connectivity index (χ1n) is 4.42. The molecule has 1 rings (SSSR count). The van der Waals surface area contributed by atoms with Gasteiger partial charge in [-0.25, -0.2) is 0 Å². The molecular weight excluding hydrogens is 164 g/mol. The van der Waals surface area contributed by atoms with E-state index in [1.54, 1.807) is 0 Å². The van der Waals surface area contributed by atoms with E-state index in [0.717, 1.165) is 11.8 Å². The van der Waals surface area contributed by atoms with Gasteiger partial charge in [0.1, 0.15) is 6.29 Å². The second-order valence-electron chi connectivity index (χ2n) is 3.24. The van der Waals surface area contributed by atoms with Crippen LogP contribution in [0.4, 0.5) is 0 Å². The van der Waals surface area contributed by atoms with Crippen molar-refractivity contribution in [3.8, 4) is 0 Å². The molecule has 2 heteroatoms. The number of rotatable bonds is 4. The minimum Gasteiger partial charge on any atom is -0.388 e. The lowest BCUT2D eigenvalue weighted by Crippen LogP contribution is -2.09. The molecule has 1 aromatic carbocycles. The molecule has 0 radical (unpaired) electrons. The molecule has 0 aromatic heterocycles. The van der Waals surface area contributed by atoms with E-state index >= 15 is 0 Å². The van der Waals surface area contributed by atoms with Crippen LogP contribution < -0.4 is 0 Å². The zero-order valence-corrected chi connectivity index (χ0v) is 7.68. The zero-order chi connectivity index (χ0) is 9.68. The lowest BCUT2D eigenvalue weighted by Gasteiger charge is -2.16. The Hall–Kier alpha value is -1.15. The number of hydrogen-bond acceptors (Lipinski definition) is 2. The monoisotopic (exact) mass is 178 g/mol. The highest BCUT2D eigenvalue weighted by Crippen LogP contribution is 2.22. The molecular formula is C11H14O2. The normalized spacial score (nSPS) is 14.9. The van der Waals surface area contributed by atoms with Crippen molar-refractivity contribution in [2.24, 2.45) is 5.92 Å². The maximum absolute atomic E-state index is 10.2. The number of benzene rings is 1. The third-order valence-corrected chi connectivity index (χ3v) is 2.15. The van der Waals surface area contributed by atoms with E-state index in [-0.39, 0.29) is 5.92 Å². The fourth-order valence-corrected chi connectivity index (χ4v) is 1.26. The van der Waals surface area contributed by atoms with Crippen molar-refractivity contribution in [2.75, 3.05) is 0 Å². The summed E-state index contributed by atoms with van der Waals surface area (Å²) in [6, 6.07) is 9.40. The van der Waals surface area contributed by atoms with Crippen molar-refractivity contribution < 1.29 is 9.90 Å². The van der Waals surface area contributed by atoms with Gasteiger partial charge in [-0.1, -0.05) is 37.3 Å². The Bertz CT molecular complexity index is 256. The van der Waals surface area contributed by atoms with Crippen LogP contribution in [0.5, 0.6) is 0 Å². The number of aldehydes is 1. The number of carbonyl (C=O) groups is 1. The molecule has 0 aliphatic heterocycles. The fraction of sp³-hybridized carbons (Fsp3) is 0.364. The van der Waals surface area contributed by atoms with Gasteiger partial charge in [0.05, 0.1) is 6.10 Å². The molecule has 0 spiro atoms. The summed E-state index contributed by atoms with van der Waals surface area (Å²) in [6.07, 6.45) is 0.707. The molecule has 0 aliphatic carbocycles. The van der Waals surface area contributed by atoms with Crippen molar-refractivity contribution in [2.45, 2.75) is 19.4 Å². The topological polar surface area (TPSA) is 37.3 Å². The highest BCUT2D eigenvalue weighted by Gasteiger charge is 2.14. The molecule has 13 heavy (non-hydrogen) atoms. The van der Waals surface area contributed by atoms with Crippen LogP contribution in [0.3, 0.4) is 0 Å². The van der Waals surface area contributed by atoms with E-state index in [4.69, 9.17) is 0 Å². The summed E-state index contributed by atoms with van der Waals surface area (Å²) in [7, 11) is 0. The number of hydrogen-bond donors (Lipinski definition) is 1. The molecule has 2 unspecified atom stereocenters. The summed E-state index contributed by atoms with van der Waals surface area (Å²) in [5, 5.41) is 9.76. The molecule has 1 aromatic rings. The Labute approximate surface area is 78.2 Å². The molecule has 2 atom stereocenters. The summed E-state index contributed by atoms with van der Waals surface area (Å²) in [4.78, 5) is 10.2. The van der Waals surface area contributed by atoms with E-state index in [9.17, 15) is 9.90 Å². The third kappa shape index (κ3) is 2.67. The first kappa shape index (κ1) is 9.93. The second-order valence-corrected chi connectivity index (χ2v) is 3.24. The van der Waals surface area contributed by atoms with Crippen LogP contribution in [0, 0.1) is 5.92 Å². The summed E-state index contributed by atoms with van der Waals surface area (Å²) in [5.41, 5.74) is 0.872. The molecule has 0 saturated heterocycles. The number of aliphatic hydroxyl groups is 1. The van der Waals surface area contributed by atoms with Crippen LogP contribution in [0.15, 0.2) is 30.3 Å². The van der Waals surface area contributed by atoms with Crippen LogP contribution in [0.25, 0.3) is 0 Å². The molecule has 0 saturated carbocycles. The molecule has 70 valence electrons. The van der Waals surface area contributed by atoms with Gasteiger partial charge in [-0.15, -0.1) is 0 Å². The Kier molecular flexibility index (Phi) is 3.65. The maximum atomic E-state index is 10.2. The molecule has 0 amide bonds. The lowest BCUT2D eigenvalue weighted by molar-refractivity contribution is -0.109. The first-order chi connectivity index (χ1) is 6.25. The van der Waals surface area contributed by atoms with Gasteiger partial charge in [0.2, 0.25) is 0 Å². The Morgan fingerprint density at radius 1 is 1.38 bits per heavy atom. The summed E-state index contributed by atoms with van der Waals surface area (Å²) < 4.78 is 0. The fourth-order valence-electron chi connectivity index (χ4n) is 1.26. The highest BCUT2D eigenvalue weighted by atomic mass is 16.3. The first-order valence-corrected chi connectivity index (χ1v) is 4.42.